The highest BCUT2D eigenvalue weighted by atomic mass is 35.5. The number of nitrogens with one attached hydrogen (secondary N) is 1. The van der Waals surface area contributed by atoms with Crippen molar-refractivity contribution in [1.29, 1.82) is 0 Å². The lowest BCUT2D eigenvalue weighted by Crippen LogP contribution is -2.31. The lowest BCUT2D eigenvalue weighted by molar-refractivity contribution is -0.137. The van der Waals surface area contributed by atoms with Gasteiger partial charge in [0.15, 0.2) is 6.10 Å². The van der Waals surface area contributed by atoms with Crippen LogP contribution in [0.25, 0.3) is 0 Å². The first-order valence-corrected chi connectivity index (χ1v) is 7.88. The van der Waals surface area contributed by atoms with Gasteiger partial charge in [0.05, 0.1) is 11.3 Å². The third-order valence-corrected chi connectivity index (χ3v) is 4.18. The summed E-state index contributed by atoms with van der Waals surface area (Å²) in [5.74, 6) is -0.256. The summed E-state index contributed by atoms with van der Waals surface area (Å²) in [6, 6.07) is 8.13. The van der Waals surface area contributed by atoms with E-state index in [2.05, 4.69) is 5.32 Å². The molecule has 0 radical (unpaired) electrons. The SMILES string of the molecule is Cc1cc(O[C@@H](C)C(=O)Nc2ccccc2C(F)(F)F)cc(C)c1Cl. The topological polar surface area (TPSA) is 38.3 Å². The van der Waals surface area contributed by atoms with Crippen LogP contribution in [0, 0.1) is 13.8 Å². The Kier molecular flexibility index (Phi) is 5.62. The molecular weight excluding hydrogens is 355 g/mol. The van der Waals surface area contributed by atoms with Crippen LogP contribution in [-0.4, -0.2) is 12.0 Å². The van der Waals surface area contributed by atoms with E-state index >= 15 is 0 Å². The molecule has 2 aromatic rings. The van der Waals surface area contributed by atoms with E-state index in [9.17, 15) is 18.0 Å². The Morgan fingerprint density at radius 2 is 1.72 bits per heavy atom. The number of halogens is 4. The average molecular weight is 372 g/mol. The first-order valence-electron chi connectivity index (χ1n) is 7.50. The molecule has 0 heterocycles. The number of hydrogen-bond acceptors (Lipinski definition) is 2. The van der Waals surface area contributed by atoms with Gasteiger partial charge < -0.3 is 10.1 Å². The van der Waals surface area contributed by atoms with Crippen LogP contribution >= 0.6 is 11.6 Å². The second-order valence-electron chi connectivity index (χ2n) is 5.66. The van der Waals surface area contributed by atoms with Crippen LogP contribution in [0.15, 0.2) is 36.4 Å². The molecule has 0 saturated heterocycles. The number of hydrogen-bond donors (Lipinski definition) is 1. The van der Waals surface area contributed by atoms with E-state index in [4.69, 9.17) is 16.3 Å². The molecule has 25 heavy (non-hydrogen) atoms. The number of alkyl halides is 3. The maximum Gasteiger partial charge on any atom is 0.418 e. The van der Waals surface area contributed by atoms with Crippen molar-refractivity contribution in [2.45, 2.75) is 33.1 Å². The predicted octanol–water partition coefficient (Wildman–Crippen LogP) is 5.38. The summed E-state index contributed by atoms with van der Waals surface area (Å²) in [5.41, 5.74) is 0.353. The Morgan fingerprint density at radius 1 is 1.16 bits per heavy atom. The molecule has 2 rings (SSSR count). The fraction of sp³-hybridized carbons (Fsp3) is 0.278. The smallest absolute Gasteiger partial charge is 0.418 e. The van der Waals surface area contributed by atoms with Gasteiger partial charge in [0.2, 0.25) is 0 Å². The van der Waals surface area contributed by atoms with Gasteiger partial charge in [0.25, 0.3) is 5.91 Å². The van der Waals surface area contributed by atoms with Crippen molar-refractivity contribution in [3.63, 3.8) is 0 Å². The van der Waals surface area contributed by atoms with Gasteiger partial charge in [-0.2, -0.15) is 13.2 Å². The molecule has 0 fully saturated rings. The summed E-state index contributed by atoms with van der Waals surface area (Å²) in [7, 11) is 0. The number of carbonyl (C=O) groups excluding carboxylic acids is 1. The van der Waals surface area contributed by atoms with E-state index in [0.717, 1.165) is 17.2 Å². The standard InChI is InChI=1S/C18H17ClF3NO2/c1-10-8-13(9-11(2)16(10)19)25-12(3)17(24)23-15-7-5-4-6-14(15)18(20,21)22/h4-9,12H,1-3H3,(H,23,24)/t12-/m0/s1. The monoisotopic (exact) mass is 371 g/mol. The normalized spacial score (nSPS) is 12.6. The van der Waals surface area contributed by atoms with Crippen molar-refractivity contribution in [3.8, 4) is 5.75 Å². The first-order chi connectivity index (χ1) is 11.6. The zero-order valence-electron chi connectivity index (χ0n) is 13.9. The van der Waals surface area contributed by atoms with Crippen molar-refractivity contribution < 1.29 is 22.7 Å². The number of para-hydroxylation sites is 1. The molecule has 1 N–H and O–H groups in total. The van der Waals surface area contributed by atoms with E-state index < -0.39 is 23.8 Å². The van der Waals surface area contributed by atoms with Crippen molar-refractivity contribution in [2.24, 2.45) is 0 Å². The van der Waals surface area contributed by atoms with E-state index in [1.165, 1.54) is 25.1 Å². The van der Waals surface area contributed by atoms with E-state index in [1.54, 1.807) is 26.0 Å². The van der Waals surface area contributed by atoms with Gasteiger partial charge in [-0.1, -0.05) is 23.7 Å². The predicted molar refractivity (Wildman–Crippen MR) is 91.1 cm³/mol. The van der Waals surface area contributed by atoms with Crippen molar-refractivity contribution in [1.82, 2.24) is 0 Å². The van der Waals surface area contributed by atoms with E-state index in [-0.39, 0.29) is 5.69 Å². The van der Waals surface area contributed by atoms with Crippen LogP contribution in [0.5, 0.6) is 5.75 Å². The lowest BCUT2D eigenvalue weighted by atomic mass is 10.1. The highest BCUT2D eigenvalue weighted by molar-refractivity contribution is 6.32. The summed E-state index contributed by atoms with van der Waals surface area (Å²) < 4.78 is 44.5. The second-order valence-corrected chi connectivity index (χ2v) is 6.04. The van der Waals surface area contributed by atoms with Gasteiger partial charge in [0, 0.05) is 5.02 Å². The van der Waals surface area contributed by atoms with Crippen LogP contribution in [-0.2, 0) is 11.0 Å². The largest absolute Gasteiger partial charge is 0.481 e. The molecule has 0 spiro atoms. The van der Waals surface area contributed by atoms with E-state index in [1.807, 2.05) is 0 Å². The number of amides is 1. The maximum absolute atomic E-state index is 13.0. The van der Waals surface area contributed by atoms with E-state index in [0.29, 0.717) is 10.8 Å². The van der Waals surface area contributed by atoms with Gasteiger partial charge in [-0.3, -0.25) is 4.79 Å². The molecule has 0 unspecified atom stereocenters. The summed E-state index contributed by atoms with van der Waals surface area (Å²) in [6.07, 6.45) is -5.54. The third kappa shape index (κ3) is 4.66. The summed E-state index contributed by atoms with van der Waals surface area (Å²) in [6.45, 7) is 5.06. The Bertz CT molecular complexity index is 767. The zero-order chi connectivity index (χ0) is 18.8. The minimum atomic E-state index is -4.56. The number of ether oxygens (including phenoxy) is 1. The highest BCUT2D eigenvalue weighted by Crippen LogP contribution is 2.34. The molecule has 0 aliphatic carbocycles. The van der Waals surface area contributed by atoms with Crippen LogP contribution in [0.4, 0.5) is 18.9 Å². The Hall–Kier alpha value is -2.21. The van der Waals surface area contributed by atoms with Gasteiger partial charge >= 0.3 is 6.18 Å². The van der Waals surface area contributed by atoms with Crippen molar-refractivity contribution >= 4 is 23.2 Å². The average Bonchev–Trinajstić information content (AvgIpc) is 2.52. The van der Waals surface area contributed by atoms with Gasteiger partial charge in [-0.15, -0.1) is 0 Å². The second kappa shape index (κ2) is 7.35. The molecule has 7 heteroatoms. The molecule has 1 amide bonds. The third-order valence-electron chi connectivity index (χ3n) is 3.58. The molecule has 1 atom stereocenters. The van der Waals surface area contributed by atoms with Crippen LogP contribution < -0.4 is 10.1 Å². The molecular formula is C18H17ClF3NO2. The van der Waals surface area contributed by atoms with Crippen LogP contribution in [0.3, 0.4) is 0 Å². The molecule has 0 aromatic heterocycles. The van der Waals surface area contributed by atoms with Crippen molar-refractivity contribution in [3.05, 3.63) is 58.1 Å². The minimum Gasteiger partial charge on any atom is -0.481 e. The Labute approximate surface area is 148 Å². The molecule has 0 bridgehead atoms. The minimum absolute atomic E-state index is 0.307. The molecule has 134 valence electrons. The van der Waals surface area contributed by atoms with Crippen LogP contribution in [0.1, 0.15) is 23.6 Å². The Balaban J connectivity index is 2.14. The highest BCUT2D eigenvalue weighted by Gasteiger charge is 2.34. The Morgan fingerprint density at radius 3 is 2.28 bits per heavy atom. The number of aryl methyl sites for hydroxylation is 2. The molecule has 0 saturated carbocycles. The summed E-state index contributed by atoms with van der Waals surface area (Å²) >= 11 is 6.07. The zero-order valence-corrected chi connectivity index (χ0v) is 14.6. The van der Waals surface area contributed by atoms with Gasteiger partial charge in [0.1, 0.15) is 5.75 Å². The summed E-state index contributed by atoms with van der Waals surface area (Å²) in [5, 5.41) is 2.87. The quantitative estimate of drug-likeness (QED) is 0.783. The molecule has 3 nitrogen and oxygen atoms in total. The van der Waals surface area contributed by atoms with Crippen LogP contribution in [0.2, 0.25) is 5.02 Å². The van der Waals surface area contributed by atoms with Gasteiger partial charge in [-0.05, 0) is 56.2 Å². The number of rotatable bonds is 4. The molecule has 0 aliphatic heterocycles. The fourth-order valence-corrected chi connectivity index (χ4v) is 2.41. The molecule has 2 aromatic carbocycles. The fourth-order valence-electron chi connectivity index (χ4n) is 2.31. The van der Waals surface area contributed by atoms with Crippen molar-refractivity contribution in [2.75, 3.05) is 5.32 Å². The number of benzene rings is 2. The number of anilines is 1. The number of carbonyl (C=O) groups is 1. The maximum atomic E-state index is 13.0. The van der Waals surface area contributed by atoms with Gasteiger partial charge in [-0.25, -0.2) is 0 Å². The lowest BCUT2D eigenvalue weighted by Gasteiger charge is -2.18. The summed E-state index contributed by atoms with van der Waals surface area (Å²) in [4.78, 5) is 12.2. The first kappa shape index (κ1) is 19.1. The molecule has 0 aliphatic rings.